The van der Waals surface area contributed by atoms with E-state index in [1.54, 1.807) is 0 Å². The van der Waals surface area contributed by atoms with E-state index in [4.69, 9.17) is 9.16 Å². The number of alkyl carbamates (subject to hydrolysis) is 1. The van der Waals surface area contributed by atoms with E-state index in [-0.39, 0.29) is 22.3 Å². The molecule has 3 aliphatic carbocycles. The fourth-order valence-corrected chi connectivity index (χ4v) is 5.86. The van der Waals surface area contributed by atoms with E-state index in [1.807, 2.05) is 30.3 Å². The molecular weight excluding hydrogens is 354 g/mol. The van der Waals surface area contributed by atoms with Crippen molar-refractivity contribution < 1.29 is 14.0 Å². The third-order valence-corrected chi connectivity index (χ3v) is 11.6. The Morgan fingerprint density at radius 1 is 1.04 bits per heavy atom. The minimum Gasteiger partial charge on any atom is -0.445 e. The van der Waals surface area contributed by atoms with Crippen LogP contribution in [0, 0.1) is 0 Å². The van der Waals surface area contributed by atoms with Crippen molar-refractivity contribution in [2.45, 2.75) is 95.2 Å². The van der Waals surface area contributed by atoms with Crippen molar-refractivity contribution in [1.82, 2.24) is 5.32 Å². The smallest absolute Gasteiger partial charge is 0.407 e. The molecule has 0 aliphatic heterocycles. The lowest BCUT2D eigenvalue weighted by molar-refractivity contribution is -0.0612. The molecule has 4 nitrogen and oxygen atoms in total. The Morgan fingerprint density at radius 2 is 1.59 bits per heavy atom. The molecule has 0 saturated heterocycles. The highest BCUT2D eigenvalue weighted by atomic mass is 28.4. The van der Waals surface area contributed by atoms with Crippen molar-refractivity contribution in [3.63, 3.8) is 0 Å². The summed E-state index contributed by atoms with van der Waals surface area (Å²) >= 11 is 0. The molecule has 1 amide bonds. The van der Waals surface area contributed by atoms with Gasteiger partial charge < -0.3 is 14.5 Å². The summed E-state index contributed by atoms with van der Waals surface area (Å²) < 4.78 is 12.3. The maximum absolute atomic E-state index is 12.3. The van der Waals surface area contributed by atoms with Crippen LogP contribution < -0.4 is 5.32 Å². The van der Waals surface area contributed by atoms with Gasteiger partial charge in [-0.25, -0.2) is 4.79 Å². The number of carbonyl (C=O) groups excluding carboxylic acids is 1. The second-order valence-corrected chi connectivity index (χ2v) is 14.7. The zero-order chi connectivity index (χ0) is 19.8. The zero-order valence-electron chi connectivity index (χ0n) is 17.6. The maximum atomic E-state index is 12.3. The van der Waals surface area contributed by atoms with Crippen molar-refractivity contribution in [2.24, 2.45) is 0 Å². The number of hydrogen-bond donors (Lipinski definition) is 1. The van der Waals surface area contributed by atoms with Gasteiger partial charge in [-0.1, -0.05) is 51.1 Å². The lowest BCUT2D eigenvalue weighted by Crippen LogP contribution is -2.62. The van der Waals surface area contributed by atoms with Gasteiger partial charge >= 0.3 is 6.09 Å². The normalized spacial score (nSPS) is 28.0. The SMILES string of the molecule is CC(C)(C)[Si](C)(C)OC12CCC(NC(=O)OCc3ccccc3)(CC1)CC2. The fourth-order valence-electron chi connectivity index (χ4n) is 4.16. The van der Waals surface area contributed by atoms with Crippen molar-refractivity contribution in [2.75, 3.05) is 0 Å². The quantitative estimate of drug-likeness (QED) is 0.649. The molecular formula is C22H35NO3Si. The van der Waals surface area contributed by atoms with Gasteiger partial charge in [0.15, 0.2) is 8.32 Å². The lowest BCUT2D eigenvalue weighted by Gasteiger charge is -2.56. The molecule has 0 atom stereocenters. The Kier molecular flexibility index (Phi) is 5.48. The Morgan fingerprint density at radius 3 is 2.11 bits per heavy atom. The summed E-state index contributed by atoms with van der Waals surface area (Å²) in [6.45, 7) is 11.9. The molecule has 0 aromatic heterocycles. The van der Waals surface area contributed by atoms with Crippen molar-refractivity contribution >= 4 is 14.4 Å². The topological polar surface area (TPSA) is 47.6 Å². The first-order valence-corrected chi connectivity index (χ1v) is 13.1. The minimum absolute atomic E-state index is 0.0282. The van der Waals surface area contributed by atoms with Crippen LogP contribution in [0.15, 0.2) is 30.3 Å². The van der Waals surface area contributed by atoms with Crippen molar-refractivity contribution in [3.8, 4) is 0 Å². The van der Waals surface area contributed by atoms with E-state index >= 15 is 0 Å². The molecule has 2 bridgehead atoms. The fraction of sp³-hybridized carbons (Fsp3) is 0.682. The summed E-state index contributed by atoms with van der Waals surface area (Å²) in [5, 5.41) is 3.42. The van der Waals surface area contributed by atoms with Crippen LogP contribution in [0.2, 0.25) is 18.1 Å². The highest BCUT2D eigenvalue weighted by Crippen LogP contribution is 2.52. The largest absolute Gasteiger partial charge is 0.445 e. The van der Waals surface area contributed by atoms with Crippen LogP contribution >= 0.6 is 0 Å². The summed E-state index contributed by atoms with van der Waals surface area (Å²) in [5.74, 6) is 0. The lowest BCUT2D eigenvalue weighted by atomic mass is 9.63. The molecule has 3 aliphatic rings. The molecule has 1 aromatic carbocycles. The number of nitrogens with one attached hydrogen (secondary N) is 1. The number of benzene rings is 1. The standard InChI is InChI=1S/C22H35NO3Si/c1-20(2,3)27(4,5)26-22-14-11-21(12-15-22,13-16-22)23-19(24)25-17-18-9-7-6-8-10-18/h6-10H,11-17H2,1-5H3,(H,23,24). The molecule has 0 heterocycles. The van der Waals surface area contributed by atoms with Crippen LogP contribution in [0.4, 0.5) is 4.79 Å². The molecule has 1 aromatic rings. The highest BCUT2D eigenvalue weighted by molar-refractivity contribution is 6.74. The van der Waals surface area contributed by atoms with Gasteiger partial charge in [-0.15, -0.1) is 0 Å². The monoisotopic (exact) mass is 389 g/mol. The zero-order valence-corrected chi connectivity index (χ0v) is 18.6. The number of rotatable bonds is 5. The number of ether oxygens (including phenoxy) is 1. The summed E-state index contributed by atoms with van der Waals surface area (Å²) in [6, 6.07) is 9.82. The molecule has 27 heavy (non-hydrogen) atoms. The first kappa shape index (κ1) is 20.4. The van der Waals surface area contributed by atoms with Crippen molar-refractivity contribution in [1.29, 1.82) is 0 Å². The van der Waals surface area contributed by atoms with E-state index in [1.165, 1.54) is 0 Å². The second-order valence-electron chi connectivity index (χ2n) is 10.0. The predicted molar refractivity (Wildman–Crippen MR) is 111 cm³/mol. The van der Waals surface area contributed by atoms with Gasteiger partial charge in [0, 0.05) is 5.54 Å². The number of hydrogen-bond acceptors (Lipinski definition) is 3. The van der Waals surface area contributed by atoms with Crippen molar-refractivity contribution in [3.05, 3.63) is 35.9 Å². The van der Waals surface area contributed by atoms with E-state index in [9.17, 15) is 4.79 Å². The van der Waals surface area contributed by atoms with Crippen LogP contribution in [0.3, 0.4) is 0 Å². The molecule has 0 spiro atoms. The van der Waals surface area contributed by atoms with Crippen LogP contribution in [-0.4, -0.2) is 25.6 Å². The molecule has 3 fully saturated rings. The molecule has 4 rings (SSSR count). The van der Waals surface area contributed by atoms with Gasteiger partial charge in [-0.05, 0) is 62.2 Å². The Balaban J connectivity index is 1.54. The first-order chi connectivity index (χ1) is 12.6. The van der Waals surface area contributed by atoms with E-state index in [2.05, 4.69) is 39.2 Å². The Bertz CT molecular complexity index is 641. The molecule has 3 saturated carbocycles. The first-order valence-electron chi connectivity index (χ1n) is 10.2. The maximum Gasteiger partial charge on any atom is 0.407 e. The summed E-state index contributed by atoms with van der Waals surface area (Å²) in [6.07, 6.45) is 5.79. The third kappa shape index (κ3) is 4.57. The highest BCUT2D eigenvalue weighted by Gasteiger charge is 2.53. The van der Waals surface area contributed by atoms with Crippen LogP contribution in [0.1, 0.15) is 64.9 Å². The second kappa shape index (κ2) is 7.25. The molecule has 0 unspecified atom stereocenters. The number of fused-ring (bicyclic) bond motifs is 3. The Labute approximate surface area is 165 Å². The molecule has 1 N–H and O–H groups in total. The third-order valence-electron chi connectivity index (χ3n) is 7.04. The summed E-state index contributed by atoms with van der Waals surface area (Å²) in [7, 11) is -1.78. The minimum atomic E-state index is -1.78. The van der Waals surface area contributed by atoms with Gasteiger partial charge in [0.05, 0.1) is 5.60 Å². The molecule has 150 valence electrons. The average molecular weight is 390 g/mol. The van der Waals surface area contributed by atoms with E-state index < -0.39 is 8.32 Å². The summed E-state index contributed by atoms with van der Waals surface area (Å²) in [4.78, 5) is 12.3. The summed E-state index contributed by atoms with van der Waals surface area (Å²) in [5.41, 5.74) is 0.936. The number of amides is 1. The van der Waals surface area contributed by atoms with Crippen LogP contribution in [0.5, 0.6) is 0 Å². The van der Waals surface area contributed by atoms with Gasteiger partial charge in [-0.2, -0.15) is 0 Å². The average Bonchev–Trinajstić information content (AvgIpc) is 2.61. The molecule has 0 radical (unpaired) electrons. The van der Waals surface area contributed by atoms with E-state index in [0.717, 1.165) is 44.1 Å². The Hall–Kier alpha value is -1.33. The van der Waals surface area contributed by atoms with Gasteiger partial charge in [-0.3, -0.25) is 0 Å². The molecule has 5 heteroatoms. The number of carbonyl (C=O) groups is 1. The van der Waals surface area contributed by atoms with E-state index in [0.29, 0.717) is 6.61 Å². The van der Waals surface area contributed by atoms with Gasteiger partial charge in [0.1, 0.15) is 6.61 Å². The predicted octanol–water partition coefficient (Wildman–Crippen LogP) is 5.78. The van der Waals surface area contributed by atoms with Gasteiger partial charge in [0.25, 0.3) is 0 Å². The van der Waals surface area contributed by atoms with Crippen LogP contribution in [-0.2, 0) is 15.8 Å². The van der Waals surface area contributed by atoms with Crippen LogP contribution in [0.25, 0.3) is 0 Å². The van der Waals surface area contributed by atoms with Gasteiger partial charge in [0.2, 0.25) is 0 Å².